The van der Waals surface area contributed by atoms with Crippen LogP contribution in [0.25, 0.3) is 11.1 Å². The molecule has 2 aliphatic rings. The van der Waals surface area contributed by atoms with Crippen molar-refractivity contribution >= 4 is 11.6 Å². The Hall–Kier alpha value is -4.37. The van der Waals surface area contributed by atoms with E-state index in [9.17, 15) is 18.0 Å². The highest BCUT2D eigenvalue weighted by atomic mass is 19.4. The Bertz CT molecular complexity index is 1660. The number of amides is 1. The van der Waals surface area contributed by atoms with E-state index < -0.39 is 6.36 Å². The first-order valence-corrected chi connectivity index (χ1v) is 16.7. The van der Waals surface area contributed by atoms with Crippen molar-refractivity contribution in [3.63, 3.8) is 0 Å². The van der Waals surface area contributed by atoms with Gasteiger partial charge in [0.2, 0.25) is 0 Å². The number of anilines is 1. The second-order valence-corrected chi connectivity index (χ2v) is 13.4. The van der Waals surface area contributed by atoms with Gasteiger partial charge in [0.15, 0.2) is 0 Å². The largest absolute Gasteiger partial charge is 0.573 e. The smallest absolute Gasteiger partial charge is 0.406 e. The monoisotopic (exact) mass is 656 g/mol. The van der Waals surface area contributed by atoms with Gasteiger partial charge >= 0.3 is 6.36 Å². The number of pyridine rings is 1. The molecule has 252 valence electrons. The standard InChI is InChI=1S/C39H43F3N4O2/c1-28-25-32(31-13-19-43-20-14-31)26-29(2)36(28)37(47)44-23-17-38(3,18-24-44)45-21-15-34(16-22-45)46(27-30-7-5-4-6-8-30)33-9-11-35(12-10-33)48-39(40,41)42/h4-14,19-20,25-26,34H,15-18,21-24,27H2,1-3H3. The van der Waals surface area contributed by atoms with Gasteiger partial charge in [0.25, 0.3) is 5.91 Å². The molecule has 0 aliphatic carbocycles. The van der Waals surface area contributed by atoms with Crippen molar-refractivity contribution in [2.45, 2.75) is 70.9 Å². The molecule has 2 aliphatic heterocycles. The summed E-state index contributed by atoms with van der Waals surface area (Å²) in [4.78, 5) is 24.8. The molecule has 9 heteroatoms. The molecule has 2 fully saturated rings. The summed E-state index contributed by atoms with van der Waals surface area (Å²) >= 11 is 0. The number of nitrogens with zero attached hydrogens (tertiary/aromatic N) is 4. The molecule has 0 saturated carbocycles. The molecule has 0 bridgehead atoms. The number of piperidine rings is 2. The van der Waals surface area contributed by atoms with Gasteiger partial charge in [-0.15, -0.1) is 13.2 Å². The van der Waals surface area contributed by atoms with Crippen molar-refractivity contribution in [2.75, 3.05) is 31.1 Å². The average molecular weight is 657 g/mol. The second kappa shape index (κ2) is 14.0. The van der Waals surface area contributed by atoms with E-state index in [2.05, 4.69) is 50.7 Å². The Balaban J connectivity index is 1.09. The molecule has 2 saturated heterocycles. The Morgan fingerprint density at radius 3 is 2.06 bits per heavy atom. The molecule has 4 aromatic rings. The predicted molar refractivity (Wildman–Crippen MR) is 183 cm³/mol. The number of ether oxygens (including phenoxy) is 1. The molecule has 48 heavy (non-hydrogen) atoms. The van der Waals surface area contributed by atoms with Gasteiger partial charge in [-0.3, -0.25) is 14.7 Å². The van der Waals surface area contributed by atoms with Crippen molar-refractivity contribution in [1.29, 1.82) is 0 Å². The molecule has 3 heterocycles. The molecule has 0 N–H and O–H groups in total. The van der Waals surface area contributed by atoms with Crippen molar-refractivity contribution in [1.82, 2.24) is 14.8 Å². The van der Waals surface area contributed by atoms with Crippen LogP contribution < -0.4 is 9.64 Å². The van der Waals surface area contributed by atoms with E-state index in [1.165, 1.54) is 12.1 Å². The number of rotatable bonds is 8. The highest BCUT2D eigenvalue weighted by Gasteiger charge is 2.40. The van der Waals surface area contributed by atoms with Crippen LogP contribution in [0.2, 0.25) is 0 Å². The Kier molecular flexibility index (Phi) is 9.78. The third-order valence-corrected chi connectivity index (χ3v) is 10.2. The average Bonchev–Trinajstić information content (AvgIpc) is 3.08. The zero-order valence-corrected chi connectivity index (χ0v) is 27.8. The minimum atomic E-state index is -4.72. The van der Waals surface area contributed by atoms with Gasteiger partial charge < -0.3 is 14.5 Å². The Morgan fingerprint density at radius 1 is 0.875 bits per heavy atom. The van der Waals surface area contributed by atoms with Gasteiger partial charge in [-0.2, -0.15) is 0 Å². The number of alkyl halides is 3. The lowest BCUT2D eigenvalue weighted by molar-refractivity contribution is -0.274. The van der Waals surface area contributed by atoms with Gasteiger partial charge in [-0.05, 0) is 111 Å². The van der Waals surface area contributed by atoms with Crippen LogP contribution in [0, 0.1) is 13.8 Å². The van der Waals surface area contributed by atoms with E-state index in [-0.39, 0.29) is 23.2 Å². The zero-order valence-electron chi connectivity index (χ0n) is 27.8. The fraction of sp³-hybridized carbons (Fsp3) is 0.385. The van der Waals surface area contributed by atoms with Crippen LogP contribution in [0.3, 0.4) is 0 Å². The van der Waals surface area contributed by atoms with Gasteiger partial charge in [0, 0.05) is 67.9 Å². The number of hydrogen-bond acceptors (Lipinski definition) is 5. The highest BCUT2D eigenvalue weighted by Crippen LogP contribution is 2.36. The van der Waals surface area contributed by atoms with Crippen molar-refractivity contribution in [3.8, 4) is 16.9 Å². The third-order valence-electron chi connectivity index (χ3n) is 10.2. The van der Waals surface area contributed by atoms with E-state index >= 15 is 0 Å². The van der Waals surface area contributed by atoms with Crippen LogP contribution in [0.1, 0.15) is 59.7 Å². The third kappa shape index (κ3) is 7.67. The summed E-state index contributed by atoms with van der Waals surface area (Å²) in [6, 6.07) is 24.8. The molecule has 6 rings (SSSR count). The molecule has 0 spiro atoms. The maximum Gasteiger partial charge on any atom is 0.573 e. The quantitative estimate of drug-likeness (QED) is 0.191. The van der Waals surface area contributed by atoms with Crippen LogP contribution in [0.5, 0.6) is 5.75 Å². The number of carbonyl (C=O) groups is 1. The first-order chi connectivity index (χ1) is 23.0. The lowest BCUT2D eigenvalue weighted by Gasteiger charge is -2.50. The molecule has 1 aromatic heterocycles. The number of likely N-dealkylation sites (tertiary alicyclic amines) is 2. The number of benzene rings is 3. The van der Waals surface area contributed by atoms with Crippen molar-refractivity contribution in [2.24, 2.45) is 0 Å². The lowest BCUT2D eigenvalue weighted by atomic mass is 9.84. The number of aromatic nitrogens is 1. The van der Waals surface area contributed by atoms with Gasteiger partial charge in [0.1, 0.15) is 5.75 Å². The molecule has 1 amide bonds. The van der Waals surface area contributed by atoms with Gasteiger partial charge in [0.05, 0.1) is 0 Å². The van der Waals surface area contributed by atoms with E-state index in [1.807, 2.05) is 49.1 Å². The molecule has 0 atom stereocenters. The van der Waals surface area contributed by atoms with Crippen LogP contribution in [-0.4, -0.2) is 64.8 Å². The van der Waals surface area contributed by atoms with Crippen LogP contribution in [0.15, 0.2) is 91.3 Å². The van der Waals surface area contributed by atoms with Crippen molar-refractivity contribution in [3.05, 3.63) is 114 Å². The summed E-state index contributed by atoms with van der Waals surface area (Å²) in [6.07, 6.45) is 2.54. The van der Waals surface area contributed by atoms with Crippen LogP contribution in [-0.2, 0) is 6.54 Å². The fourth-order valence-corrected chi connectivity index (χ4v) is 7.45. The van der Waals surface area contributed by atoms with E-state index in [4.69, 9.17) is 0 Å². The highest BCUT2D eigenvalue weighted by molar-refractivity contribution is 5.98. The van der Waals surface area contributed by atoms with E-state index in [0.29, 0.717) is 19.6 Å². The van der Waals surface area contributed by atoms with E-state index in [0.717, 1.165) is 77.8 Å². The number of aryl methyl sites for hydroxylation is 2. The molecule has 0 unspecified atom stereocenters. The normalized spacial score (nSPS) is 17.2. The van der Waals surface area contributed by atoms with Gasteiger partial charge in [-0.1, -0.05) is 42.5 Å². The first kappa shape index (κ1) is 33.5. The van der Waals surface area contributed by atoms with Gasteiger partial charge in [-0.25, -0.2) is 0 Å². The van der Waals surface area contributed by atoms with E-state index in [1.54, 1.807) is 24.5 Å². The summed E-state index contributed by atoms with van der Waals surface area (Å²) in [5.74, 6) is -0.110. The number of halogens is 3. The maximum atomic E-state index is 13.8. The topological polar surface area (TPSA) is 48.9 Å². The fourth-order valence-electron chi connectivity index (χ4n) is 7.45. The minimum Gasteiger partial charge on any atom is -0.406 e. The Morgan fingerprint density at radius 2 is 1.48 bits per heavy atom. The van der Waals surface area contributed by atoms with Crippen LogP contribution in [0.4, 0.5) is 18.9 Å². The lowest BCUT2D eigenvalue weighted by Crippen LogP contribution is -2.58. The predicted octanol–water partition coefficient (Wildman–Crippen LogP) is 8.43. The summed E-state index contributed by atoms with van der Waals surface area (Å²) in [5.41, 5.74) is 6.99. The number of carbonyl (C=O) groups excluding carboxylic acids is 1. The van der Waals surface area contributed by atoms with Crippen molar-refractivity contribution < 1.29 is 22.7 Å². The Labute approximate surface area is 281 Å². The maximum absolute atomic E-state index is 13.8. The molecular formula is C39H43F3N4O2. The molecular weight excluding hydrogens is 613 g/mol. The second-order valence-electron chi connectivity index (χ2n) is 13.4. The molecule has 6 nitrogen and oxygen atoms in total. The summed E-state index contributed by atoms with van der Waals surface area (Å²) in [5, 5.41) is 0. The first-order valence-electron chi connectivity index (χ1n) is 16.7. The summed E-state index contributed by atoms with van der Waals surface area (Å²) in [7, 11) is 0. The number of hydrogen-bond donors (Lipinski definition) is 0. The SMILES string of the molecule is Cc1cc(-c2ccncc2)cc(C)c1C(=O)N1CCC(C)(N2CCC(N(Cc3ccccc3)c3ccc(OC(F)(F)F)cc3)CC2)CC1. The molecule has 0 radical (unpaired) electrons. The summed E-state index contributed by atoms with van der Waals surface area (Å²) in [6.45, 7) is 10.3. The summed E-state index contributed by atoms with van der Waals surface area (Å²) < 4.78 is 42.5. The molecule has 3 aromatic carbocycles. The zero-order chi connectivity index (χ0) is 33.9. The van der Waals surface area contributed by atoms with Crippen LogP contribution >= 0.6 is 0 Å². The minimum absolute atomic E-state index is 0.00210.